The molecule has 3 rings (SSSR count). The lowest BCUT2D eigenvalue weighted by atomic mass is 10.1. The van der Waals surface area contributed by atoms with E-state index in [0.29, 0.717) is 23.4 Å². The van der Waals surface area contributed by atoms with Crippen molar-refractivity contribution in [1.82, 2.24) is 0 Å². The molecule has 6 nitrogen and oxygen atoms in total. The Morgan fingerprint density at radius 1 is 0.906 bits per heavy atom. The predicted octanol–water partition coefficient (Wildman–Crippen LogP) is 4.86. The van der Waals surface area contributed by atoms with Crippen LogP contribution in [0.3, 0.4) is 0 Å². The van der Waals surface area contributed by atoms with Crippen molar-refractivity contribution in [3.8, 4) is 0 Å². The third-order valence-corrected chi connectivity index (χ3v) is 6.23. The van der Waals surface area contributed by atoms with Crippen LogP contribution in [0.1, 0.15) is 39.6 Å². The Bertz CT molecular complexity index is 1150. The molecule has 3 aromatic carbocycles. The summed E-state index contributed by atoms with van der Waals surface area (Å²) in [6, 6.07) is 21.4. The van der Waals surface area contributed by atoms with Gasteiger partial charge in [0.2, 0.25) is 5.91 Å². The van der Waals surface area contributed by atoms with Crippen molar-refractivity contribution in [2.24, 2.45) is 5.73 Å². The molecule has 0 heterocycles. The number of thioether (sulfide) groups is 1. The summed E-state index contributed by atoms with van der Waals surface area (Å²) >= 11 is 1.39. The van der Waals surface area contributed by atoms with Gasteiger partial charge in [-0.3, -0.25) is 14.4 Å². The molecule has 1 unspecified atom stereocenters. The van der Waals surface area contributed by atoms with Crippen molar-refractivity contribution in [3.63, 3.8) is 0 Å². The summed E-state index contributed by atoms with van der Waals surface area (Å²) in [7, 11) is 0. The number of nitrogens with two attached hydrogens (primary N) is 1. The minimum atomic E-state index is -0.598. The van der Waals surface area contributed by atoms with Gasteiger partial charge in [-0.25, -0.2) is 0 Å². The van der Waals surface area contributed by atoms with Gasteiger partial charge in [0.25, 0.3) is 11.8 Å². The van der Waals surface area contributed by atoms with Crippen molar-refractivity contribution in [1.29, 1.82) is 0 Å². The van der Waals surface area contributed by atoms with Crippen molar-refractivity contribution in [2.45, 2.75) is 30.4 Å². The minimum absolute atomic E-state index is 0.182. The zero-order valence-corrected chi connectivity index (χ0v) is 18.7. The molecule has 0 aromatic heterocycles. The van der Waals surface area contributed by atoms with Crippen LogP contribution in [0.25, 0.3) is 0 Å². The van der Waals surface area contributed by atoms with Crippen molar-refractivity contribution < 1.29 is 14.4 Å². The Hall–Kier alpha value is -3.58. The maximum Gasteiger partial charge on any atom is 0.255 e. The Balaban J connectivity index is 1.70. The fraction of sp³-hybridized carbons (Fsp3) is 0.160. The van der Waals surface area contributed by atoms with Gasteiger partial charge >= 0.3 is 0 Å². The van der Waals surface area contributed by atoms with Crippen LogP contribution in [0.5, 0.6) is 0 Å². The number of primary amides is 1. The fourth-order valence-electron chi connectivity index (χ4n) is 3.18. The number of rotatable bonds is 8. The van der Waals surface area contributed by atoms with Gasteiger partial charge in [0.15, 0.2) is 0 Å². The van der Waals surface area contributed by atoms with Crippen molar-refractivity contribution in [2.75, 3.05) is 10.6 Å². The van der Waals surface area contributed by atoms with E-state index in [4.69, 9.17) is 5.73 Å². The topological polar surface area (TPSA) is 101 Å². The van der Waals surface area contributed by atoms with E-state index in [9.17, 15) is 14.4 Å². The highest BCUT2D eigenvalue weighted by molar-refractivity contribution is 8.00. The summed E-state index contributed by atoms with van der Waals surface area (Å²) < 4.78 is 0. The molecule has 4 N–H and O–H groups in total. The van der Waals surface area contributed by atoms with Gasteiger partial charge in [-0.1, -0.05) is 43.3 Å². The van der Waals surface area contributed by atoms with E-state index in [1.165, 1.54) is 11.8 Å². The van der Waals surface area contributed by atoms with Gasteiger partial charge in [-0.2, -0.15) is 0 Å². The minimum Gasteiger partial charge on any atom is -0.366 e. The van der Waals surface area contributed by atoms with Crippen LogP contribution in [-0.2, 0) is 4.79 Å². The number of hydrogen-bond acceptors (Lipinski definition) is 4. The highest BCUT2D eigenvalue weighted by atomic mass is 32.2. The van der Waals surface area contributed by atoms with E-state index in [-0.39, 0.29) is 17.4 Å². The molecule has 3 amide bonds. The second-order valence-electron chi connectivity index (χ2n) is 7.21. The molecule has 0 aliphatic carbocycles. The number of para-hydroxylation sites is 1. The number of aryl methyl sites for hydroxylation is 1. The number of carbonyl (C=O) groups excluding carboxylic acids is 3. The second-order valence-corrected chi connectivity index (χ2v) is 8.49. The lowest BCUT2D eigenvalue weighted by Crippen LogP contribution is -2.26. The first-order chi connectivity index (χ1) is 15.4. The number of carbonyl (C=O) groups is 3. The highest BCUT2D eigenvalue weighted by Gasteiger charge is 2.20. The maximum atomic E-state index is 12.9. The summed E-state index contributed by atoms with van der Waals surface area (Å²) in [4.78, 5) is 37.9. The number of anilines is 2. The molecule has 32 heavy (non-hydrogen) atoms. The standard InChI is InChI=1S/C25H25N3O3S/c1-3-22(25(31)28-21-14-7-6-13-20(21)23(26)29)32-18-11-8-10-17(15-18)27-24(30)19-12-5-4-9-16(19)2/h4-15,22H,3H2,1-2H3,(H2,26,29)(H,27,30)(H,28,31). The lowest BCUT2D eigenvalue weighted by molar-refractivity contribution is -0.115. The van der Waals surface area contributed by atoms with E-state index in [0.717, 1.165) is 10.5 Å². The molecular weight excluding hydrogens is 422 g/mol. The Morgan fingerprint density at radius 2 is 1.59 bits per heavy atom. The third-order valence-electron chi connectivity index (χ3n) is 4.87. The normalized spacial score (nSPS) is 11.4. The summed E-state index contributed by atoms with van der Waals surface area (Å²) in [5.41, 5.74) is 8.22. The van der Waals surface area contributed by atoms with E-state index >= 15 is 0 Å². The van der Waals surface area contributed by atoms with Gasteiger partial charge < -0.3 is 16.4 Å². The Kier molecular flexibility index (Phi) is 7.68. The summed E-state index contributed by atoms with van der Waals surface area (Å²) in [5.74, 6) is -1.00. The first-order valence-electron chi connectivity index (χ1n) is 10.2. The molecule has 0 radical (unpaired) electrons. The number of amides is 3. The molecule has 0 saturated carbocycles. The molecule has 0 spiro atoms. The summed E-state index contributed by atoms with van der Waals surface area (Å²) in [6.45, 7) is 3.81. The molecule has 0 fully saturated rings. The Labute approximate surface area is 191 Å². The largest absolute Gasteiger partial charge is 0.366 e. The van der Waals surface area contributed by atoms with Gasteiger partial charge in [-0.05, 0) is 55.3 Å². The first kappa shape index (κ1) is 23.1. The van der Waals surface area contributed by atoms with Crippen LogP contribution in [-0.4, -0.2) is 23.0 Å². The smallest absolute Gasteiger partial charge is 0.255 e. The van der Waals surface area contributed by atoms with E-state index in [2.05, 4.69) is 10.6 Å². The van der Waals surface area contributed by atoms with Crippen LogP contribution in [0, 0.1) is 6.92 Å². The van der Waals surface area contributed by atoms with Gasteiger partial charge in [0.05, 0.1) is 16.5 Å². The van der Waals surface area contributed by atoms with E-state index in [1.807, 2.05) is 56.3 Å². The van der Waals surface area contributed by atoms with Gasteiger partial charge in [-0.15, -0.1) is 11.8 Å². The fourth-order valence-corrected chi connectivity index (χ4v) is 4.19. The highest BCUT2D eigenvalue weighted by Crippen LogP contribution is 2.29. The SMILES string of the molecule is CCC(Sc1cccc(NC(=O)c2ccccc2C)c1)C(=O)Nc1ccccc1C(N)=O. The molecule has 3 aromatic rings. The molecular formula is C25H25N3O3S. The molecule has 164 valence electrons. The first-order valence-corrected chi connectivity index (χ1v) is 11.1. The molecule has 0 saturated heterocycles. The number of nitrogens with one attached hydrogen (secondary N) is 2. The quantitative estimate of drug-likeness (QED) is 0.429. The predicted molar refractivity (Wildman–Crippen MR) is 129 cm³/mol. The molecule has 0 bridgehead atoms. The van der Waals surface area contributed by atoms with Crippen LogP contribution >= 0.6 is 11.8 Å². The van der Waals surface area contributed by atoms with Gasteiger partial charge in [0, 0.05) is 16.1 Å². The summed E-state index contributed by atoms with van der Waals surface area (Å²) in [6.07, 6.45) is 0.578. The third kappa shape index (κ3) is 5.76. The number of benzene rings is 3. The van der Waals surface area contributed by atoms with Gasteiger partial charge in [0.1, 0.15) is 0 Å². The van der Waals surface area contributed by atoms with Crippen LogP contribution in [0.15, 0.2) is 77.7 Å². The monoisotopic (exact) mass is 447 g/mol. The molecule has 1 atom stereocenters. The second kappa shape index (κ2) is 10.6. The van der Waals surface area contributed by atoms with Crippen LogP contribution < -0.4 is 16.4 Å². The Morgan fingerprint density at radius 3 is 2.28 bits per heavy atom. The maximum absolute atomic E-state index is 12.9. The molecule has 0 aliphatic rings. The van der Waals surface area contributed by atoms with E-state index < -0.39 is 11.2 Å². The molecule has 0 aliphatic heterocycles. The van der Waals surface area contributed by atoms with Crippen molar-refractivity contribution in [3.05, 3.63) is 89.5 Å². The molecule has 7 heteroatoms. The average molecular weight is 448 g/mol. The number of hydrogen-bond donors (Lipinski definition) is 3. The van der Waals surface area contributed by atoms with E-state index in [1.54, 1.807) is 30.3 Å². The zero-order valence-electron chi connectivity index (χ0n) is 17.9. The van der Waals surface area contributed by atoms with Crippen LogP contribution in [0.2, 0.25) is 0 Å². The lowest BCUT2D eigenvalue weighted by Gasteiger charge is -2.16. The van der Waals surface area contributed by atoms with Crippen LogP contribution in [0.4, 0.5) is 11.4 Å². The average Bonchev–Trinajstić information content (AvgIpc) is 2.78. The summed E-state index contributed by atoms with van der Waals surface area (Å²) in [5, 5.41) is 5.33. The van der Waals surface area contributed by atoms with Crippen molar-refractivity contribution >= 4 is 40.9 Å². The zero-order chi connectivity index (χ0) is 23.1.